The van der Waals surface area contributed by atoms with E-state index >= 15 is 0 Å². The van der Waals surface area contributed by atoms with Crippen LogP contribution in [0.25, 0.3) is 22.3 Å². The Morgan fingerprint density at radius 3 is 2.07 bits per heavy atom. The molecule has 0 bridgehead atoms. The number of fused-ring (bicyclic) bond motifs is 1. The van der Waals surface area contributed by atoms with Crippen LogP contribution in [0.3, 0.4) is 0 Å². The van der Waals surface area contributed by atoms with Gasteiger partial charge in [-0.15, -0.1) is 0 Å². The molecule has 5 rings (SSSR count). The Morgan fingerprint density at radius 1 is 0.815 bits per heavy atom. The first-order valence-electron chi connectivity index (χ1n) is 9.82. The first kappa shape index (κ1) is 16.6. The standard InChI is InChI=1S/C23H26N4/c1-25-14-20-11-12-27(23(20)16-25)22-9-7-18(8-10-22)17-3-5-19(6-4-17)21-13-24-26(2)15-21/h3-10,13,15,20,23H,11-12,14,16H2,1-2H3/t20-,23+/m1/s1. The van der Waals surface area contributed by atoms with E-state index in [1.54, 1.807) is 0 Å². The van der Waals surface area contributed by atoms with Crippen molar-refractivity contribution >= 4 is 5.69 Å². The molecule has 3 heterocycles. The number of nitrogens with zero attached hydrogens (tertiary/aromatic N) is 4. The van der Waals surface area contributed by atoms with Crippen LogP contribution in [0.4, 0.5) is 5.69 Å². The number of benzene rings is 2. The topological polar surface area (TPSA) is 24.3 Å². The van der Waals surface area contributed by atoms with Crippen molar-refractivity contribution in [3.8, 4) is 22.3 Å². The molecule has 1 aromatic heterocycles. The van der Waals surface area contributed by atoms with E-state index in [1.165, 1.54) is 48.4 Å². The predicted molar refractivity (Wildman–Crippen MR) is 111 cm³/mol. The highest BCUT2D eigenvalue weighted by Crippen LogP contribution is 2.35. The number of rotatable bonds is 3. The smallest absolute Gasteiger partial charge is 0.0568 e. The monoisotopic (exact) mass is 358 g/mol. The van der Waals surface area contributed by atoms with Crippen LogP contribution in [0, 0.1) is 5.92 Å². The van der Waals surface area contributed by atoms with E-state index in [2.05, 4.69) is 70.5 Å². The van der Waals surface area contributed by atoms with Crippen molar-refractivity contribution in [2.75, 3.05) is 31.6 Å². The maximum absolute atomic E-state index is 4.26. The van der Waals surface area contributed by atoms with Crippen molar-refractivity contribution in [3.63, 3.8) is 0 Å². The molecular formula is C23H26N4. The highest BCUT2D eigenvalue weighted by atomic mass is 15.3. The SMILES string of the molecule is CN1C[C@H]2CCN(c3ccc(-c4ccc(-c5cnn(C)c5)cc4)cc3)[C@H]2C1. The van der Waals surface area contributed by atoms with Crippen LogP contribution in [0.5, 0.6) is 0 Å². The fraction of sp³-hybridized carbons (Fsp3) is 0.348. The summed E-state index contributed by atoms with van der Waals surface area (Å²) in [5.41, 5.74) is 6.26. The van der Waals surface area contributed by atoms with Crippen molar-refractivity contribution in [1.29, 1.82) is 0 Å². The highest BCUT2D eigenvalue weighted by Gasteiger charge is 2.39. The Labute approximate surface area is 161 Å². The summed E-state index contributed by atoms with van der Waals surface area (Å²) in [5, 5.41) is 4.26. The molecule has 2 saturated heterocycles. The van der Waals surface area contributed by atoms with Crippen LogP contribution in [-0.4, -0.2) is 47.4 Å². The number of aryl methyl sites for hydroxylation is 1. The van der Waals surface area contributed by atoms with Gasteiger partial charge in [-0.25, -0.2) is 0 Å². The minimum atomic E-state index is 0.694. The van der Waals surface area contributed by atoms with Crippen LogP contribution >= 0.6 is 0 Å². The summed E-state index contributed by atoms with van der Waals surface area (Å²) in [5.74, 6) is 0.842. The summed E-state index contributed by atoms with van der Waals surface area (Å²) < 4.78 is 1.84. The maximum atomic E-state index is 4.26. The van der Waals surface area contributed by atoms with Gasteiger partial charge in [0, 0.05) is 50.2 Å². The number of hydrogen-bond donors (Lipinski definition) is 0. The second-order valence-electron chi connectivity index (χ2n) is 8.06. The lowest BCUT2D eigenvalue weighted by atomic mass is 10.0. The molecule has 3 aromatic rings. The Bertz CT molecular complexity index is 926. The molecule has 0 amide bonds. The molecule has 0 radical (unpaired) electrons. The van der Waals surface area contributed by atoms with E-state index in [-0.39, 0.29) is 0 Å². The third kappa shape index (κ3) is 3.04. The van der Waals surface area contributed by atoms with Crippen LogP contribution in [-0.2, 0) is 7.05 Å². The fourth-order valence-electron chi connectivity index (χ4n) is 4.76. The average molecular weight is 358 g/mol. The second-order valence-corrected chi connectivity index (χ2v) is 8.06. The zero-order chi connectivity index (χ0) is 18.4. The molecule has 0 unspecified atom stereocenters. The lowest BCUT2D eigenvalue weighted by Crippen LogP contribution is -2.34. The Kier molecular flexibility index (Phi) is 4.01. The van der Waals surface area contributed by atoms with E-state index < -0.39 is 0 Å². The predicted octanol–water partition coefficient (Wildman–Crippen LogP) is 3.89. The molecule has 0 spiro atoms. The first-order valence-corrected chi connectivity index (χ1v) is 9.82. The Morgan fingerprint density at radius 2 is 1.44 bits per heavy atom. The number of likely N-dealkylation sites (tertiary alicyclic amines) is 1. The molecule has 0 saturated carbocycles. The lowest BCUT2D eigenvalue weighted by Gasteiger charge is -2.26. The van der Waals surface area contributed by atoms with Crippen molar-refractivity contribution in [1.82, 2.24) is 14.7 Å². The molecule has 138 valence electrons. The Hall–Kier alpha value is -2.59. The molecule has 0 aliphatic carbocycles. The molecule has 2 aliphatic heterocycles. The molecule has 2 aliphatic rings. The number of likely N-dealkylation sites (N-methyl/N-ethyl adjacent to an activating group) is 1. The zero-order valence-electron chi connectivity index (χ0n) is 16.0. The van der Waals surface area contributed by atoms with E-state index in [0.717, 1.165) is 11.5 Å². The quantitative estimate of drug-likeness (QED) is 0.710. The first-order chi connectivity index (χ1) is 13.2. The molecular weight excluding hydrogens is 332 g/mol. The molecule has 4 nitrogen and oxygen atoms in total. The molecule has 4 heteroatoms. The van der Waals surface area contributed by atoms with Gasteiger partial charge in [0.25, 0.3) is 0 Å². The van der Waals surface area contributed by atoms with E-state index in [1.807, 2.05) is 24.1 Å². The fourth-order valence-corrected chi connectivity index (χ4v) is 4.76. The van der Waals surface area contributed by atoms with Crippen LogP contribution in [0.1, 0.15) is 6.42 Å². The molecule has 27 heavy (non-hydrogen) atoms. The number of anilines is 1. The van der Waals surface area contributed by atoms with Crippen LogP contribution in [0.15, 0.2) is 60.9 Å². The summed E-state index contributed by atoms with van der Waals surface area (Å²) in [6.07, 6.45) is 5.29. The number of hydrogen-bond acceptors (Lipinski definition) is 3. The van der Waals surface area contributed by atoms with Gasteiger partial charge in [-0.1, -0.05) is 36.4 Å². The van der Waals surface area contributed by atoms with E-state index in [9.17, 15) is 0 Å². The zero-order valence-corrected chi connectivity index (χ0v) is 16.0. The summed E-state index contributed by atoms with van der Waals surface area (Å²) >= 11 is 0. The van der Waals surface area contributed by atoms with Gasteiger partial charge in [0.15, 0.2) is 0 Å². The van der Waals surface area contributed by atoms with Crippen LogP contribution in [0.2, 0.25) is 0 Å². The van der Waals surface area contributed by atoms with Gasteiger partial charge >= 0.3 is 0 Å². The van der Waals surface area contributed by atoms with E-state index in [0.29, 0.717) is 6.04 Å². The van der Waals surface area contributed by atoms with Gasteiger partial charge in [-0.3, -0.25) is 4.68 Å². The largest absolute Gasteiger partial charge is 0.367 e. The summed E-state index contributed by atoms with van der Waals surface area (Å²) in [7, 11) is 4.19. The van der Waals surface area contributed by atoms with Gasteiger partial charge in [0.2, 0.25) is 0 Å². The third-order valence-corrected chi connectivity index (χ3v) is 6.19. The molecule has 0 N–H and O–H groups in total. The van der Waals surface area contributed by atoms with Gasteiger partial charge < -0.3 is 9.80 Å². The highest BCUT2D eigenvalue weighted by molar-refractivity contribution is 5.71. The normalized spacial score (nSPS) is 22.4. The summed E-state index contributed by atoms with van der Waals surface area (Å²) in [6, 6.07) is 18.6. The van der Waals surface area contributed by atoms with Gasteiger partial charge in [-0.2, -0.15) is 5.10 Å². The molecule has 2 atom stereocenters. The van der Waals surface area contributed by atoms with Gasteiger partial charge in [0.1, 0.15) is 0 Å². The average Bonchev–Trinajstić information content (AvgIpc) is 3.38. The van der Waals surface area contributed by atoms with Crippen molar-refractivity contribution in [3.05, 3.63) is 60.9 Å². The Balaban J connectivity index is 1.34. The summed E-state index contributed by atoms with van der Waals surface area (Å²) in [4.78, 5) is 5.09. The van der Waals surface area contributed by atoms with Crippen LogP contribution < -0.4 is 4.90 Å². The van der Waals surface area contributed by atoms with E-state index in [4.69, 9.17) is 0 Å². The summed E-state index contributed by atoms with van der Waals surface area (Å²) in [6.45, 7) is 3.65. The van der Waals surface area contributed by atoms with Gasteiger partial charge in [0.05, 0.1) is 6.20 Å². The maximum Gasteiger partial charge on any atom is 0.0568 e. The minimum absolute atomic E-state index is 0.694. The minimum Gasteiger partial charge on any atom is -0.367 e. The lowest BCUT2D eigenvalue weighted by molar-refractivity contribution is 0.386. The third-order valence-electron chi connectivity index (χ3n) is 6.19. The van der Waals surface area contributed by atoms with Crippen molar-refractivity contribution in [2.24, 2.45) is 13.0 Å². The molecule has 2 aromatic carbocycles. The van der Waals surface area contributed by atoms with Crippen molar-refractivity contribution < 1.29 is 0 Å². The van der Waals surface area contributed by atoms with Gasteiger partial charge in [-0.05, 0) is 48.2 Å². The molecule has 2 fully saturated rings. The number of aromatic nitrogens is 2. The second kappa shape index (κ2) is 6.54. The van der Waals surface area contributed by atoms with Crippen molar-refractivity contribution in [2.45, 2.75) is 12.5 Å².